The zero-order valence-corrected chi connectivity index (χ0v) is 53.1. The highest BCUT2D eigenvalue weighted by atomic mass is 16.3. The molecule has 460 valence electrons. The zero-order valence-electron chi connectivity index (χ0n) is 53.1. The summed E-state index contributed by atoms with van der Waals surface area (Å²) in [6.45, 7) is 4.26. The van der Waals surface area contributed by atoms with Crippen LogP contribution in [0.1, 0.15) is 335 Å². The van der Waals surface area contributed by atoms with E-state index in [0.29, 0.717) is 12.8 Å². The van der Waals surface area contributed by atoms with Crippen molar-refractivity contribution in [3.05, 3.63) is 122 Å². The van der Waals surface area contributed by atoms with Crippen molar-refractivity contribution < 1.29 is 15.0 Å². The second-order valence-corrected chi connectivity index (χ2v) is 23.2. The molecular weight excluding hydrogens is 975 g/mol. The van der Waals surface area contributed by atoms with Crippen molar-refractivity contribution in [2.24, 2.45) is 0 Å². The van der Waals surface area contributed by atoms with Crippen LogP contribution in [0.2, 0.25) is 0 Å². The quantitative estimate of drug-likeness (QED) is 0.0420. The van der Waals surface area contributed by atoms with Crippen molar-refractivity contribution in [1.82, 2.24) is 5.32 Å². The number of aliphatic hydroxyl groups is 2. The van der Waals surface area contributed by atoms with E-state index in [4.69, 9.17) is 0 Å². The maximum Gasteiger partial charge on any atom is 0.220 e. The van der Waals surface area contributed by atoms with Crippen molar-refractivity contribution in [3.8, 4) is 0 Å². The van der Waals surface area contributed by atoms with Gasteiger partial charge in [-0.1, -0.05) is 360 Å². The third-order valence-electron chi connectivity index (χ3n) is 15.5. The van der Waals surface area contributed by atoms with E-state index in [-0.39, 0.29) is 12.5 Å². The van der Waals surface area contributed by atoms with Crippen molar-refractivity contribution >= 4 is 5.91 Å². The lowest BCUT2D eigenvalue weighted by atomic mass is 10.0. The van der Waals surface area contributed by atoms with E-state index < -0.39 is 12.1 Å². The number of aliphatic hydroxyl groups excluding tert-OH is 2. The molecule has 4 nitrogen and oxygen atoms in total. The molecule has 0 heterocycles. The molecule has 3 N–H and O–H groups in total. The summed E-state index contributed by atoms with van der Waals surface area (Å²) in [5.74, 6) is -0.0404. The monoisotopic (exact) mass is 1110 g/mol. The smallest absolute Gasteiger partial charge is 0.220 e. The molecule has 0 saturated carbocycles. The van der Waals surface area contributed by atoms with Gasteiger partial charge in [0.15, 0.2) is 0 Å². The number of unbranched alkanes of at least 4 members (excludes halogenated alkanes) is 36. The van der Waals surface area contributed by atoms with Crippen LogP contribution in [0, 0.1) is 0 Å². The van der Waals surface area contributed by atoms with Crippen molar-refractivity contribution in [2.45, 2.75) is 347 Å². The largest absolute Gasteiger partial charge is 0.394 e. The summed E-state index contributed by atoms with van der Waals surface area (Å²) in [6, 6.07) is -0.551. The average molecular weight is 1110 g/mol. The molecule has 0 fully saturated rings. The minimum absolute atomic E-state index is 0.0404. The summed E-state index contributed by atoms with van der Waals surface area (Å²) in [5, 5.41) is 23.5. The molecule has 0 aromatic rings. The molecule has 0 saturated heterocycles. The van der Waals surface area contributed by atoms with Crippen LogP contribution in [0.4, 0.5) is 0 Å². The first-order chi connectivity index (χ1) is 39.7. The topological polar surface area (TPSA) is 69.6 Å². The first kappa shape index (κ1) is 76.8. The standard InChI is InChI=1S/C76H133NO3/c1-3-5-7-9-11-13-15-17-19-21-23-25-27-29-31-33-34-35-36-37-38-39-40-41-42-44-46-48-50-52-54-56-58-60-62-64-66-68-70-72-76(80)77-74(73-78)75(79)71-69-67-65-63-61-59-57-55-53-51-49-47-45-43-32-30-28-26-24-22-20-18-16-14-12-10-8-6-4-2/h5,7,11,13,17,19,23,25,29,31,34-35,37-38,40-41,44,46,50,52,74-75,78-79H,3-4,6,8-10,12,14-16,18,20-22,24,26-28,30,32-33,36,39,42-43,45,47-49,51,53-73H2,1-2H3,(H,77,80)/b7-5-,13-11-,19-17-,25-23-,31-29-,35-34-,38-37-,41-40-,46-44-,52-50-. The van der Waals surface area contributed by atoms with Gasteiger partial charge in [0.2, 0.25) is 5.91 Å². The molecule has 0 radical (unpaired) electrons. The Hall–Kier alpha value is -3.21. The van der Waals surface area contributed by atoms with Crippen LogP contribution in [0.25, 0.3) is 0 Å². The van der Waals surface area contributed by atoms with Crippen LogP contribution in [0.15, 0.2) is 122 Å². The van der Waals surface area contributed by atoms with E-state index >= 15 is 0 Å². The van der Waals surface area contributed by atoms with Crippen LogP contribution in [-0.4, -0.2) is 34.9 Å². The zero-order chi connectivity index (χ0) is 57.6. The number of amides is 1. The summed E-state index contributed by atoms with van der Waals surface area (Å²) >= 11 is 0. The van der Waals surface area contributed by atoms with Crippen LogP contribution in [-0.2, 0) is 4.79 Å². The third-order valence-corrected chi connectivity index (χ3v) is 15.5. The molecule has 0 spiro atoms. The number of carbonyl (C=O) groups is 1. The van der Waals surface area contributed by atoms with Gasteiger partial charge in [0.05, 0.1) is 18.8 Å². The van der Waals surface area contributed by atoms with E-state index in [9.17, 15) is 15.0 Å². The maximum atomic E-state index is 12.6. The van der Waals surface area contributed by atoms with Gasteiger partial charge in [-0.2, -0.15) is 0 Å². The molecule has 0 aromatic heterocycles. The van der Waals surface area contributed by atoms with Crippen molar-refractivity contribution in [3.63, 3.8) is 0 Å². The number of nitrogens with one attached hydrogen (secondary N) is 1. The fraction of sp³-hybridized carbons (Fsp3) is 0.724. The fourth-order valence-electron chi connectivity index (χ4n) is 10.3. The van der Waals surface area contributed by atoms with Crippen molar-refractivity contribution in [1.29, 1.82) is 0 Å². The lowest BCUT2D eigenvalue weighted by Crippen LogP contribution is -2.45. The summed E-state index contributed by atoms with van der Waals surface area (Å²) < 4.78 is 0. The van der Waals surface area contributed by atoms with E-state index in [0.717, 1.165) is 96.3 Å². The number of hydrogen-bond acceptors (Lipinski definition) is 3. The lowest BCUT2D eigenvalue weighted by molar-refractivity contribution is -0.123. The Kier molecular flexibility index (Phi) is 67.2. The van der Waals surface area contributed by atoms with Crippen LogP contribution >= 0.6 is 0 Å². The Labute approximate surface area is 499 Å². The lowest BCUT2D eigenvalue weighted by Gasteiger charge is -2.22. The Balaban J connectivity index is 3.54. The predicted octanol–water partition coefficient (Wildman–Crippen LogP) is 23.9. The predicted molar refractivity (Wildman–Crippen MR) is 359 cm³/mol. The highest BCUT2D eigenvalue weighted by molar-refractivity contribution is 5.76. The summed E-state index contributed by atoms with van der Waals surface area (Å²) in [5.41, 5.74) is 0. The molecule has 2 atom stereocenters. The minimum atomic E-state index is -0.673. The first-order valence-electron chi connectivity index (χ1n) is 34.7. The minimum Gasteiger partial charge on any atom is -0.394 e. The second-order valence-electron chi connectivity index (χ2n) is 23.2. The van der Waals surface area contributed by atoms with Crippen LogP contribution < -0.4 is 5.32 Å². The van der Waals surface area contributed by atoms with Gasteiger partial charge in [-0.05, 0) is 89.9 Å². The molecule has 0 rings (SSSR count). The van der Waals surface area contributed by atoms with Crippen molar-refractivity contribution in [2.75, 3.05) is 6.61 Å². The van der Waals surface area contributed by atoms with Gasteiger partial charge in [-0.3, -0.25) is 4.79 Å². The van der Waals surface area contributed by atoms with Gasteiger partial charge in [0.1, 0.15) is 0 Å². The molecule has 80 heavy (non-hydrogen) atoms. The van der Waals surface area contributed by atoms with Gasteiger partial charge >= 0.3 is 0 Å². The highest BCUT2D eigenvalue weighted by Crippen LogP contribution is 2.18. The molecule has 4 heteroatoms. The van der Waals surface area contributed by atoms with Crippen LogP contribution in [0.3, 0.4) is 0 Å². The summed E-state index contributed by atoms with van der Waals surface area (Å²) in [7, 11) is 0. The van der Waals surface area contributed by atoms with E-state index in [1.54, 1.807) is 0 Å². The number of hydrogen-bond donors (Lipinski definition) is 3. The van der Waals surface area contributed by atoms with Gasteiger partial charge < -0.3 is 15.5 Å². The molecule has 0 aromatic carbocycles. The van der Waals surface area contributed by atoms with Gasteiger partial charge in [0.25, 0.3) is 0 Å². The Morgan fingerprint density at radius 2 is 0.550 bits per heavy atom. The Morgan fingerprint density at radius 3 is 0.825 bits per heavy atom. The number of carbonyl (C=O) groups excluding carboxylic acids is 1. The normalized spacial score (nSPS) is 13.5. The molecule has 0 bridgehead atoms. The van der Waals surface area contributed by atoms with E-state index in [1.165, 1.54) is 212 Å². The van der Waals surface area contributed by atoms with Crippen LogP contribution in [0.5, 0.6) is 0 Å². The fourth-order valence-corrected chi connectivity index (χ4v) is 10.3. The molecule has 1 amide bonds. The second kappa shape index (κ2) is 70.1. The summed E-state index contributed by atoms with van der Waals surface area (Å²) in [4.78, 5) is 12.6. The van der Waals surface area contributed by atoms with Gasteiger partial charge in [-0.15, -0.1) is 0 Å². The third kappa shape index (κ3) is 65.6. The van der Waals surface area contributed by atoms with E-state index in [2.05, 4.69) is 141 Å². The Morgan fingerprint density at radius 1 is 0.312 bits per heavy atom. The van der Waals surface area contributed by atoms with E-state index in [1.807, 2.05) is 0 Å². The first-order valence-corrected chi connectivity index (χ1v) is 34.7. The van der Waals surface area contributed by atoms with Gasteiger partial charge in [0, 0.05) is 6.42 Å². The molecular formula is C76H133NO3. The number of rotatable bonds is 63. The highest BCUT2D eigenvalue weighted by Gasteiger charge is 2.20. The maximum absolute atomic E-state index is 12.6. The van der Waals surface area contributed by atoms with Gasteiger partial charge in [-0.25, -0.2) is 0 Å². The molecule has 0 aliphatic rings. The SMILES string of the molecule is CC/C=C\C/C=C\C/C=C\C/C=C\C/C=C\C/C=C\C/C=C\C/C=C\C/C=C\C/C=C\CCCCCCCCCCC(=O)NC(CO)C(O)CCCCCCCCCCCCCCCCCCCCCCCCCCCCCCC. The molecule has 0 aliphatic heterocycles. The summed E-state index contributed by atoms with van der Waals surface area (Å²) in [6.07, 6.45) is 107. The average Bonchev–Trinajstić information content (AvgIpc) is 3.46. The molecule has 2 unspecified atom stereocenters. The Bertz CT molecular complexity index is 1540. The number of allylic oxidation sites excluding steroid dienone is 20. The molecule has 0 aliphatic carbocycles.